The second-order valence-corrected chi connectivity index (χ2v) is 6.03. The molecule has 2 N–H and O–H groups in total. The average molecular weight is 281 g/mol. The van der Waals surface area contributed by atoms with Crippen LogP contribution in [-0.2, 0) is 6.42 Å². The highest BCUT2D eigenvalue weighted by Gasteiger charge is 2.23. The second-order valence-electron chi connectivity index (χ2n) is 6.03. The van der Waals surface area contributed by atoms with Crippen LogP contribution in [-0.4, -0.2) is 11.7 Å². The average Bonchev–Trinajstić information content (AvgIpc) is 2.52. The van der Waals surface area contributed by atoms with Crippen LogP contribution < -0.4 is 5.32 Å². The molecule has 0 radical (unpaired) electrons. The van der Waals surface area contributed by atoms with E-state index in [-0.39, 0.29) is 0 Å². The zero-order chi connectivity index (χ0) is 14.7. The minimum Gasteiger partial charge on any atom is -0.508 e. The predicted molar refractivity (Wildman–Crippen MR) is 86.6 cm³/mol. The Morgan fingerprint density at radius 1 is 1.00 bits per heavy atom. The number of aromatic hydroxyl groups is 1. The normalized spacial score (nSPS) is 21.0. The molecule has 2 aromatic rings. The minimum atomic E-state index is 0.335. The maximum atomic E-state index is 9.30. The molecule has 0 spiro atoms. The SMILES string of the molecule is CC1CCC(NCCc2ccc(O)cc2)c2ccccc21. The van der Waals surface area contributed by atoms with Crippen molar-refractivity contribution in [1.82, 2.24) is 5.32 Å². The number of phenols is 1. The molecular weight excluding hydrogens is 258 g/mol. The highest BCUT2D eigenvalue weighted by atomic mass is 16.3. The molecule has 21 heavy (non-hydrogen) atoms. The lowest BCUT2D eigenvalue weighted by Gasteiger charge is -2.30. The quantitative estimate of drug-likeness (QED) is 0.882. The molecule has 0 heterocycles. The molecule has 3 rings (SSSR count). The van der Waals surface area contributed by atoms with Gasteiger partial charge in [-0.1, -0.05) is 43.3 Å². The Morgan fingerprint density at radius 2 is 1.71 bits per heavy atom. The Bertz CT molecular complexity index is 591. The van der Waals surface area contributed by atoms with Gasteiger partial charge >= 0.3 is 0 Å². The number of hydrogen-bond donors (Lipinski definition) is 2. The minimum absolute atomic E-state index is 0.335. The molecule has 2 unspecified atom stereocenters. The Morgan fingerprint density at radius 3 is 2.48 bits per heavy atom. The highest BCUT2D eigenvalue weighted by Crippen LogP contribution is 2.36. The summed E-state index contributed by atoms with van der Waals surface area (Å²) in [6.45, 7) is 3.30. The number of rotatable bonds is 4. The van der Waals surface area contributed by atoms with Crippen molar-refractivity contribution in [1.29, 1.82) is 0 Å². The van der Waals surface area contributed by atoms with Gasteiger partial charge in [-0.25, -0.2) is 0 Å². The largest absolute Gasteiger partial charge is 0.508 e. The fourth-order valence-corrected chi connectivity index (χ4v) is 3.27. The van der Waals surface area contributed by atoms with E-state index in [9.17, 15) is 5.11 Å². The summed E-state index contributed by atoms with van der Waals surface area (Å²) in [6, 6.07) is 16.8. The summed E-state index contributed by atoms with van der Waals surface area (Å²) in [5.41, 5.74) is 4.24. The van der Waals surface area contributed by atoms with Crippen LogP contribution in [0.4, 0.5) is 0 Å². The van der Waals surface area contributed by atoms with Crippen LogP contribution in [0.2, 0.25) is 0 Å². The molecule has 0 amide bonds. The number of hydrogen-bond acceptors (Lipinski definition) is 2. The van der Waals surface area contributed by atoms with Gasteiger partial charge in [-0.3, -0.25) is 0 Å². The van der Waals surface area contributed by atoms with E-state index in [0.29, 0.717) is 17.7 Å². The number of benzene rings is 2. The molecule has 0 bridgehead atoms. The first-order chi connectivity index (χ1) is 10.2. The third-order valence-corrected chi connectivity index (χ3v) is 4.53. The van der Waals surface area contributed by atoms with Crippen LogP contribution in [0.5, 0.6) is 5.75 Å². The zero-order valence-corrected chi connectivity index (χ0v) is 12.5. The maximum Gasteiger partial charge on any atom is 0.115 e. The number of fused-ring (bicyclic) bond motifs is 1. The van der Waals surface area contributed by atoms with Crippen molar-refractivity contribution in [2.24, 2.45) is 0 Å². The van der Waals surface area contributed by atoms with Crippen molar-refractivity contribution in [3.05, 3.63) is 65.2 Å². The molecule has 0 aliphatic heterocycles. The first-order valence-corrected chi connectivity index (χ1v) is 7.84. The van der Waals surface area contributed by atoms with Gasteiger partial charge < -0.3 is 10.4 Å². The van der Waals surface area contributed by atoms with Crippen LogP contribution in [0.15, 0.2) is 48.5 Å². The molecule has 1 aliphatic rings. The molecule has 1 aliphatic carbocycles. The Balaban J connectivity index is 1.61. The van der Waals surface area contributed by atoms with Crippen molar-refractivity contribution >= 4 is 0 Å². The van der Waals surface area contributed by atoms with Crippen molar-refractivity contribution < 1.29 is 5.11 Å². The first kappa shape index (κ1) is 14.2. The Labute approximate surface area is 126 Å². The number of nitrogens with one attached hydrogen (secondary N) is 1. The van der Waals surface area contributed by atoms with Gasteiger partial charge in [-0.15, -0.1) is 0 Å². The van der Waals surface area contributed by atoms with Crippen molar-refractivity contribution in [3.63, 3.8) is 0 Å². The van der Waals surface area contributed by atoms with Gasteiger partial charge in [-0.2, -0.15) is 0 Å². The van der Waals surface area contributed by atoms with Crippen molar-refractivity contribution in [2.75, 3.05) is 6.54 Å². The molecule has 2 nitrogen and oxygen atoms in total. The standard InChI is InChI=1S/C19H23NO/c1-14-6-11-19(18-5-3-2-4-17(14)18)20-13-12-15-7-9-16(21)10-8-15/h2-5,7-10,14,19-21H,6,11-13H2,1H3. The van der Waals surface area contributed by atoms with E-state index in [2.05, 4.69) is 36.5 Å². The number of phenolic OH excluding ortho intramolecular Hbond substituents is 1. The van der Waals surface area contributed by atoms with E-state index in [1.165, 1.54) is 29.5 Å². The lowest BCUT2D eigenvalue weighted by molar-refractivity contribution is 0.434. The topological polar surface area (TPSA) is 32.3 Å². The maximum absolute atomic E-state index is 9.30. The van der Waals surface area contributed by atoms with Crippen LogP contribution >= 0.6 is 0 Å². The van der Waals surface area contributed by atoms with Crippen LogP contribution in [0.3, 0.4) is 0 Å². The van der Waals surface area contributed by atoms with Crippen LogP contribution in [0, 0.1) is 0 Å². The third-order valence-electron chi connectivity index (χ3n) is 4.53. The predicted octanol–water partition coefficient (Wildman–Crippen LogP) is 4.16. The molecule has 0 saturated carbocycles. The van der Waals surface area contributed by atoms with Gasteiger partial charge in [0, 0.05) is 6.04 Å². The summed E-state index contributed by atoms with van der Waals surface area (Å²) in [6.07, 6.45) is 3.47. The lowest BCUT2D eigenvalue weighted by atomic mass is 9.81. The summed E-state index contributed by atoms with van der Waals surface area (Å²) in [5, 5.41) is 13.0. The third kappa shape index (κ3) is 3.27. The van der Waals surface area contributed by atoms with E-state index in [4.69, 9.17) is 0 Å². The van der Waals surface area contributed by atoms with Crippen molar-refractivity contribution in [2.45, 2.75) is 38.1 Å². The van der Waals surface area contributed by atoms with E-state index < -0.39 is 0 Å². The Hall–Kier alpha value is -1.80. The fraction of sp³-hybridized carbons (Fsp3) is 0.368. The molecule has 110 valence electrons. The first-order valence-electron chi connectivity index (χ1n) is 7.84. The molecule has 0 fully saturated rings. The molecule has 2 aromatic carbocycles. The van der Waals surface area contributed by atoms with E-state index >= 15 is 0 Å². The van der Waals surface area contributed by atoms with Gasteiger partial charge in [0.1, 0.15) is 5.75 Å². The molecule has 2 atom stereocenters. The second kappa shape index (κ2) is 6.31. The van der Waals surface area contributed by atoms with Crippen LogP contribution in [0.25, 0.3) is 0 Å². The highest BCUT2D eigenvalue weighted by molar-refractivity contribution is 5.35. The van der Waals surface area contributed by atoms with Gasteiger partial charge in [0.15, 0.2) is 0 Å². The summed E-state index contributed by atoms with van der Waals surface area (Å²) < 4.78 is 0. The molecule has 0 saturated heterocycles. The lowest BCUT2D eigenvalue weighted by Crippen LogP contribution is -2.27. The van der Waals surface area contributed by atoms with E-state index in [1.807, 2.05) is 12.1 Å². The summed E-state index contributed by atoms with van der Waals surface area (Å²) in [5.74, 6) is 1.01. The summed E-state index contributed by atoms with van der Waals surface area (Å²) in [4.78, 5) is 0. The smallest absolute Gasteiger partial charge is 0.115 e. The fourth-order valence-electron chi connectivity index (χ4n) is 3.27. The van der Waals surface area contributed by atoms with Gasteiger partial charge in [0.25, 0.3) is 0 Å². The van der Waals surface area contributed by atoms with Gasteiger partial charge in [-0.05, 0) is 60.5 Å². The van der Waals surface area contributed by atoms with E-state index in [1.54, 1.807) is 12.1 Å². The van der Waals surface area contributed by atoms with Crippen LogP contribution in [0.1, 0.15) is 48.4 Å². The molecular formula is C19H23NO. The van der Waals surface area contributed by atoms with Gasteiger partial charge in [0.05, 0.1) is 0 Å². The molecule has 0 aromatic heterocycles. The summed E-state index contributed by atoms with van der Waals surface area (Å²) >= 11 is 0. The monoisotopic (exact) mass is 281 g/mol. The Kier molecular flexibility index (Phi) is 4.26. The summed E-state index contributed by atoms with van der Waals surface area (Å²) in [7, 11) is 0. The van der Waals surface area contributed by atoms with Gasteiger partial charge in [0.2, 0.25) is 0 Å². The molecule has 2 heteroatoms. The van der Waals surface area contributed by atoms with Crippen molar-refractivity contribution in [3.8, 4) is 5.75 Å². The zero-order valence-electron chi connectivity index (χ0n) is 12.5. The van der Waals surface area contributed by atoms with E-state index in [0.717, 1.165) is 13.0 Å².